The molecule has 2 aliphatic heterocycles. The number of hydrogen-bond acceptors (Lipinski definition) is 3. The highest BCUT2D eigenvalue weighted by molar-refractivity contribution is 4.84. The van der Waals surface area contributed by atoms with Crippen LogP contribution in [0.5, 0.6) is 0 Å². The molecule has 0 aromatic rings. The Morgan fingerprint density at radius 2 is 1.57 bits per heavy atom. The Morgan fingerprint density at radius 3 is 2.38 bits per heavy atom. The fourth-order valence-electron chi connectivity index (χ4n) is 4.51. The third-order valence-electron chi connectivity index (χ3n) is 5.84. The van der Waals surface area contributed by atoms with Crippen LogP contribution in [0.2, 0.25) is 0 Å². The fourth-order valence-corrected chi connectivity index (χ4v) is 4.51. The molecule has 21 heavy (non-hydrogen) atoms. The molecule has 2 heterocycles. The van der Waals surface area contributed by atoms with Crippen molar-refractivity contribution in [2.24, 2.45) is 0 Å². The lowest BCUT2D eigenvalue weighted by atomic mass is 9.95. The summed E-state index contributed by atoms with van der Waals surface area (Å²) in [5.74, 6) is 0. The monoisotopic (exact) mass is 293 g/mol. The molecule has 1 N–H and O–H groups in total. The highest BCUT2D eigenvalue weighted by Gasteiger charge is 2.27. The summed E-state index contributed by atoms with van der Waals surface area (Å²) in [6.07, 6.45) is 14.3. The molecule has 2 saturated heterocycles. The lowest BCUT2D eigenvalue weighted by molar-refractivity contribution is 0.162. The molecule has 3 aliphatic rings. The summed E-state index contributed by atoms with van der Waals surface area (Å²) in [5, 5.41) is 3.78. The smallest absolute Gasteiger partial charge is 0.0235 e. The van der Waals surface area contributed by atoms with E-state index in [-0.39, 0.29) is 0 Å². The minimum atomic E-state index is 0.832. The molecule has 3 fully saturated rings. The Morgan fingerprint density at radius 1 is 0.810 bits per heavy atom. The summed E-state index contributed by atoms with van der Waals surface area (Å²) in [7, 11) is 0. The number of nitrogens with zero attached hydrogens (tertiary/aromatic N) is 2. The number of hydrogen-bond donors (Lipinski definition) is 1. The molecule has 1 atom stereocenters. The topological polar surface area (TPSA) is 18.5 Å². The number of piperidine rings is 1. The van der Waals surface area contributed by atoms with E-state index in [1.54, 1.807) is 0 Å². The molecule has 0 bridgehead atoms. The molecule has 1 unspecified atom stereocenters. The van der Waals surface area contributed by atoms with Gasteiger partial charge in [-0.05, 0) is 71.2 Å². The highest BCUT2D eigenvalue weighted by Crippen LogP contribution is 2.20. The quantitative estimate of drug-likeness (QED) is 0.760. The zero-order chi connectivity index (χ0) is 14.3. The van der Waals surface area contributed by atoms with Crippen LogP contribution in [0.25, 0.3) is 0 Å². The second-order valence-electron chi connectivity index (χ2n) is 7.48. The predicted molar refractivity (Wildman–Crippen MR) is 89.8 cm³/mol. The van der Waals surface area contributed by atoms with Crippen LogP contribution >= 0.6 is 0 Å². The van der Waals surface area contributed by atoms with Gasteiger partial charge in [0.25, 0.3) is 0 Å². The average Bonchev–Trinajstić information content (AvgIpc) is 3.02. The molecule has 0 aromatic carbocycles. The van der Waals surface area contributed by atoms with E-state index in [0.29, 0.717) is 0 Å². The predicted octanol–water partition coefficient (Wildman–Crippen LogP) is 2.86. The van der Waals surface area contributed by atoms with E-state index in [4.69, 9.17) is 0 Å². The first kappa shape index (κ1) is 15.8. The molecule has 0 aromatic heterocycles. The maximum absolute atomic E-state index is 3.78. The molecular weight excluding hydrogens is 258 g/mol. The molecule has 0 amide bonds. The molecule has 3 rings (SSSR count). The Labute approximate surface area is 131 Å². The lowest BCUT2D eigenvalue weighted by Crippen LogP contribution is -2.41. The largest absolute Gasteiger partial charge is 0.314 e. The highest BCUT2D eigenvalue weighted by atomic mass is 15.3. The van der Waals surface area contributed by atoms with Gasteiger partial charge in [-0.3, -0.25) is 4.90 Å². The van der Waals surface area contributed by atoms with Gasteiger partial charge < -0.3 is 10.2 Å². The summed E-state index contributed by atoms with van der Waals surface area (Å²) in [6.45, 7) is 7.94. The summed E-state index contributed by atoms with van der Waals surface area (Å²) in [6, 6.07) is 1.70. The van der Waals surface area contributed by atoms with Crippen LogP contribution in [-0.2, 0) is 0 Å². The summed E-state index contributed by atoms with van der Waals surface area (Å²) in [4.78, 5) is 5.48. The molecule has 1 saturated carbocycles. The van der Waals surface area contributed by atoms with Crippen LogP contribution < -0.4 is 5.32 Å². The first-order valence-electron chi connectivity index (χ1n) is 9.61. The Balaban J connectivity index is 1.26. The van der Waals surface area contributed by atoms with Gasteiger partial charge in [-0.1, -0.05) is 25.7 Å². The maximum atomic E-state index is 3.78. The summed E-state index contributed by atoms with van der Waals surface area (Å²) in [5.41, 5.74) is 0. The SMILES string of the molecule is C1CCC(NCCCN2CCC(N3CCCCC3)C2)CC1. The fraction of sp³-hybridized carbons (Fsp3) is 1.00. The summed E-state index contributed by atoms with van der Waals surface area (Å²) >= 11 is 0. The van der Waals surface area contributed by atoms with Crippen LogP contribution in [0.3, 0.4) is 0 Å². The van der Waals surface area contributed by atoms with Crippen molar-refractivity contribution in [3.63, 3.8) is 0 Å². The number of rotatable bonds is 6. The molecule has 122 valence electrons. The third kappa shape index (κ3) is 4.94. The van der Waals surface area contributed by atoms with Gasteiger partial charge in [-0.15, -0.1) is 0 Å². The van der Waals surface area contributed by atoms with E-state index in [2.05, 4.69) is 15.1 Å². The zero-order valence-electron chi connectivity index (χ0n) is 13.9. The number of nitrogens with one attached hydrogen (secondary N) is 1. The van der Waals surface area contributed by atoms with Crippen molar-refractivity contribution in [1.82, 2.24) is 15.1 Å². The molecule has 0 radical (unpaired) electrons. The number of likely N-dealkylation sites (tertiary alicyclic amines) is 2. The van der Waals surface area contributed by atoms with Gasteiger partial charge in [0, 0.05) is 18.6 Å². The van der Waals surface area contributed by atoms with Crippen LogP contribution in [0, 0.1) is 0 Å². The Hall–Kier alpha value is -0.120. The van der Waals surface area contributed by atoms with E-state index >= 15 is 0 Å². The molecule has 3 nitrogen and oxygen atoms in total. The maximum Gasteiger partial charge on any atom is 0.0235 e. The second-order valence-corrected chi connectivity index (χ2v) is 7.48. The lowest BCUT2D eigenvalue weighted by Gasteiger charge is -2.32. The normalized spacial score (nSPS) is 30.0. The zero-order valence-corrected chi connectivity index (χ0v) is 13.9. The van der Waals surface area contributed by atoms with E-state index in [9.17, 15) is 0 Å². The van der Waals surface area contributed by atoms with Gasteiger partial charge in [0.1, 0.15) is 0 Å². The van der Waals surface area contributed by atoms with E-state index in [1.165, 1.54) is 103 Å². The van der Waals surface area contributed by atoms with E-state index in [0.717, 1.165) is 12.1 Å². The molecular formula is C18H35N3. The van der Waals surface area contributed by atoms with E-state index in [1.807, 2.05) is 0 Å². The van der Waals surface area contributed by atoms with Crippen LogP contribution in [0.1, 0.15) is 64.2 Å². The van der Waals surface area contributed by atoms with Crippen molar-refractivity contribution in [2.45, 2.75) is 76.3 Å². The van der Waals surface area contributed by atoms with Gasteiger partial charge in [-0.25, -0.2) is 0 Å². The van der Waals surface area contributed by atoms with Crippen molar-refractivity contribution >= 4 is 0 Å². The van der Waals surface area contributed by atoms with Crippen LogP contribution in [0.4, 0.5) is 0 Å². The molecule has 1 aliphatic carbocycles. The summed E-state index contributed by atoms with van der Waals surface area (Å²) < 4.78 is 0. The Bertz CT molecular complexity index is 282. The van der Waals surface area contributed by atoms with Crippen molar-refractivity contribution in [2.75, 3.05) is 39.3 Å². The van der Waals surface area contributed by atoms with Crippen molar-refractivity contribution in [3.05, 3.63) is 0 Å². The van der Waals surface area contributed by atoms with E-state index < -0.39 is 0 Å². The standard InChI is InChI=1S/C18H35N3/c1-3-8-17(9-4-1)19-11-7-12-20-15-10-18(16-20)21-13-5-2-6-14-21/h17-19H,1-16H2. The van der Waals surface area contributed by atoms with Gasteiger partial charge in [0.15, 0.2) is 0 Å². The van der Waals surface area contributed by atoms with Crippen molar-refractivity contribution < 1.29 is 0 Å². The Kier molecular flexibility index (Phi) is 6.38. The average molecular weight is 293 g/mol. The second kappa shape index (κ2) is 8.50. The van der Waals surface area contributed by atoms with Gasteiger partial charge in [0.2, 0.25) is 0 Å². The minimum Gasteiger partial charge on any atom is -0.314 e. The van der Waals surface area contributed by atoms with Crippen LogP contribution in [0.15, 0.2) is 0 Å². The van der Waals surface area contributed by atoms with Crippen molar-refractivity contribution in [1.29, 1.82) is 0 Å². The molecule has 3 heteroatoms. The van der Waals surface area contributed by atoms with Crippen molar-refractivity contribution in [3.8, 4) is 0 Å². The van der Waals surface area contributed by atoms with Gasteiger partial charge >= 0.3 is 0 Å². The first-order valence-corrected chi connectivity index (χ1v) is 9.61. The van der Waals surface area contributed by atoms with Gasteiger partial charge in [-0.2, -0.15) is 0 Å². The van der Waals surface area contributed by atoms with Crippen LogP contribution in [-0.4, -0.2) is 61.2 Å². The molecule has 0 spiro atoms. The third-order valence-corrected chi connectivity index (χ3v) is 5.84. The minimum absolute atomic E-state index is 0.832. The first-order chi connectivity index (χ1) is 10.4. The van der Waals surface area contributed by atoms with Gasteiger partial charge in [0.05, 0.1) is 0 Å².